The van der Waals surface area contributed by atoms with Gasteiger partial charge in [0.1, 0.15) is 0 Å². The first-order chi connectivity index (χ1) is 9.58. The van der Waals surface area contributed by atoms with Gasteiger partial charge in [-0.25, -0.2) is 0 Å². The molecule has 1 N–H and O–H groups in total. The Labute approximate surface area is 121 Å². The van der Waals surface area contributed by atoms with Crippen LogP contribution in [-0.2, 0) is 13.6 Å². The van der Waals surface area contributed by atoms with E-state index in [1.54, 1.807) is 0 Å². The first-order valence-electron chi connectivity index (χ1n) is 7.16. The normalized spacial score (nSPS) is 12.8. The van der Waals surface area contributed by atoms with Gasteiger partial charge in [0.25, 0.3) is 0 Å². The Morgan fingerprint density at radius 2 is 1.90 bits per heavy atom. The Morgan fingerprint density at radius 1 is 1.20 bits per heavy atom. The van der Waals surface area contributed by atoms with Gasteiger partial charge in [-0.15, -0.1) is 0 Å². The number of nitrogens with zero attached hydrogens (tertiary/aromatic N) is 2. The minimum atomic E-state index is -0.431. The summed E-state index contributed by atoms with van der Waals surface area (Å²) in [5.41, 5.74) is 3.49. The van der Waals surface area contributed by atoms with Crippen LogP contribution in [-0.4, -0.2) is 27.7 Å². The number of rotatable bonds is 6. The summed E-state index contributed by atoms with van der Waals surface area (Å²) in [4.78, 5) is 2.26. The number of likely N-dealkylation sites (N-methyl/N-ethyl adjacent to an activating group) is 1. The molecule has 3 nitrogen and oxygen atoms in total. The van der Waals surface area contributed by atoms with E-state index in [4.69, 9.17) is 0 Å². The van der Waals surface area contributed by atoms with Crippen molar-refractivity contribution < 1.29 is 5.11 Å². The number of aliphatic hydroxyl groups is 1. The maximum Gasteiger partial charge on any atom is 0.0917 e. The lowest BCUT2D eigenvalue weighted by Crippen LogP contribution is -2.28. The lowest BCUT2D eigenvalue weighted by Gasteiger charge is -2.23. The minimum absolute atomic E-state index is 0.431. The Bertz CT molecular complexity index is 530. The van der Waals surface area contributed by atoms with Crippen LogP contribution in [0.5, 0.6) is 0 Å². The number of benzene rings is 1. The zero-order chi connectivity index (χ0) is 14.5. The predicted octanol–water partition coefficient (Wildman–Crippen LogP) is 2.89. The van der Waals surface area contributed by atoms with E-state index in [0.29, 0.717) is 6.54 Å². The average molecular weight is 272 g/mol. The second-order valence-corrected chi connectivity index (χ2v) is 5.44. The maximum atomic E-state index is 10.3. The molecule has 0 aliphatic carbocycles. The van der Waals surface area contributed by atoms with E-state index in [1.165, 1.54) is 11.1 Å². The Balaban J connectivity index is 1.96. The van der Waals surface area contributed by atoms with E-state index in [2.05, 4.69) is 41.8 Å². The van der Waals surface area contributed by atoms with Gasteiger partial charge >= 0.3 is 0 Å². The molecular weight excluding hydrogens is 248 g/mol. The van der Waals surface area contributed by atoms with Crippen molar-refractivity contribution >= 4 is 0 Å². The van der Waals surface area contributed by atoms with E-state index in [-0.39, 0.29) is 0 Å². The standard InChI is InChI=1S/C17H24N2O/c1-4-19(12-15-9-10-18(3)11-15)13-17(20)16-7-5-14(2)6-8-16/h5-11,17,20H,4,12-13H2,1-3H3. The second kappa shape index (κ2) is 6.73. The van der Waals surface area contributed by atoms with Gasteiger partial charge in [0.2, 0.25) is 0 Å². The van der Waals surface area contributed by atoms with Gasteiger partial charge in [-0.05, 0) is 30.7 Å². The third-order valence-electron chi connectivity index (χ3n) is 3.64. The van der Waals surface area contributed by atoms with Crippen molar-refractivity contribution in [3.8, 4) is 0 Å². The summed E-state index contributed by atoms with van der Waals surface area (Å²) < 4.78 is 2.06. The number of hydrogen-bond acceptors (Lipinski definition) is 2. The molecule has 0 radical (unpaired) electrons. The molecule has 0 spiro atoms. The van der Waals surface area contributed by atoms with Crippen LogP contribution in [0.2, 0.25) is 0 Å². The molecule has 0 amide bonds. The van der Waals surface area contributed by atoms with E-state index in [9.17, 15) is 5.11 Å². The molecule has 20 heavy (non-hydrogen) atoms. The third-order valence-corrected chi connectivity index (χ3v) is 3.64. The van der Waals surface area contributed by atoms with Crippen molar-refractivity contribution in [2.75, 3.05) is 13.1 Å². The fourth-order valence-electron chi connectivity index (χ4n) is 2.36. The van der Waals surface area contributed by atoms with Crippen LogP contribution in [0, 0.1) is 6.92 Å². The molecule has 0 aliphatic rings. The number of aliphatic hydroxyl groups excluding tert-OH is 1. The summed E-state index contributed by atoms with van der Waals surface area (Å²) in [7, 11) is 2.03. The summed E-state index contributed by atoms with van der Waals surface area (Å²) in [5, 5.41) is 10.3. The molecule has 0 aliphatic heterocycles. The van der Waals surface area contributed by atoms with Gasteiger partial charge in [-0.1, -0.05) is 36.8 Å². The van der Waals surface area contributed by atoms with Crippen molar-refractivity contribution in [2.24, 2.45) is 7.05 Å². The van der Waals surface area contributed by atoms with Crippen LogP contribution in [0.3, 0.4) is 0 Å². The molecular formula is C17H24N2O. The topological polar surface area (TPSA) is 28.4 Å². The first-order valence-corrected chi connectivity index (χ1v) is 7.16. The highest BCUT2D eigenvalue weighted by molar-refractivity contribution is 5.23. The highest BCUT2D eigenvalue weighted by atomic mass is 16.3. The summed E-state index contributed by atoms with van der Waals surface area (Å²) in [6.07, 6.45) is 3.75. The van der Waals surface area contributed by atoms with Crippen LogP contribution < -0.4 is 0 Å². The zero-order valence-electron chi connectivity index (χ0n) is 12.6. The predicted molar refractivity (Wildman–Crippen MR) is 82.5 cm³/mol. The Kier molecular flexibility index (Phi) is 4.99. The van der Waals surface area contributed by atoms with E-state index in [0.717, 1.165) is 18.7 Å². The summed E-state index contributed by atoms with van der Waals surface area (Å²) in [5.74, 6) is 0. The molecule has 0 saturated carbocycles. The lowest BCUT2D eigenvalue weighted by molar-refractivity contribution is 0.112. The summed E-state index contributed by atoms with van der Waals surface area (Å²) >= 11 is 0. The smallest absolute Gasteiger partial charge is 0.0917 e. The summed E-state index contributed by atoms with van der Waals surface area (Å²) in [6, 6.07) is 10.2. The van der Waals surface area contributed by atoms with Crippen molar-refractivity contribution in [2.45, 2.75) is 26.5 Å². The van der Waals surface area contributed by atoms with Gasteiger partial charge in [-0.2, -0.15) is 0 Å². The monoisotopic (exact) mass is 272 g/mol. The molecule has 1 aromatic heterocycles. The second-order valence-electron chi connectivity index (χ2n) is 5.44. The Hall–Kier alpha value is -1.58. The van der Waals surface area contributed by atoms with E-state index < -0.39 is 6.10 Å². The fourth-order valence-corrected chi connectivity index (χ4v) is 2.36. The number of aryl methyl sites for hydroxylation is 2. The Morgan fingerprint density at radius 3 is 2.45 bits per heavy atom. The molecule has 1 unspecified atom stereocenters. The fraction of sp³-hybridized carbons (Fsp3) is 0.412. The van der Waals surface area contributed by atoms with Gasteiger partial charge < -0.3 is 9.67 Å². The van der Waals surface area contributed by atoms with Crippen LogP contribution in [0.1, 0.15) is 29.7 Å². The van der Waals surface area contributed by atoms with Crippen LogP contribution in [0.15, 0.2) is 42.7 Å². The number of hydrogen-bond donors (Lipinski definition) is 1. The van der Waals surface area contributed by atoms with Crippen molar-refractivity contribution in [3.63, 3.8) is 0 Å². The van der Waals surface area contributed by atoms with Gasteiger partial charge in [0.05, 0.1) is 6.10 Å². The highest BCUT2D eigenvalue weighted by Gasteiger charge is 2.13. The number of aromatic nitrogens is 1. The third kappa shape index (κ3) is 3.95. The maximum absolute atomic E-state index is 10.3. The molecule has 2 rings (SSSR count). The molecule has 3 heteroatoms. The first kappa shape index (κ1) is 14.8. The molecule has 1 heterocycles. The zero-order valence-corrected chi connectivity index (χ0v) is 12.6. The van der Waals surface area contributed by atoms with E-state index >= 15 is 0 Å². The van der Waals surface area contributed by atoms with Crippen LogP contribution >= 0.6 is 0 Å². The molecule has 1 atom stereocenters. The largest absolute Gasteiger partial charge is 0.387 e. The van der Waals surface area contributed by atoms with Gasteiger partial charge in [0, 0.05) is 32.5 Å². The molecule has 0 fully saturated rings. The van der Waals surface area contributed by atoms with Crippen molar-refractivity contribution in [3.05, 3.63) is 59.4 Å². The minimum Gasteiger partial charge on any atom is -0.387 e. The molecule has 2 aromatic rings. The molecule has 0 saturated heterocycles. The van der Waals surface area contributed by atoms with Crippen LogP contribution in [0.25, 0.3) is 0 Å². The van der Waals surface area contributed by atoms with E-state index in [1.807, 2.05) is 31.3 Å². The quantitative estimate of drug-likeness (QED) is 0.876. The molecule has 0 bridgehead atoms. The van der Waals surface area contributed by atoms with Gasteiger partial charge in [0.15, 0.2) is 0 Å². The SMILES string of the molecule is CCN(Cc1ccn(C)c1)CC(O)c1ccc(C)cc1. The highest BCUT2D eigenvalue weighted by Crippen LogP contribution is 2.16. The summed E-state index contributed by atoms with van der Waals surface area (Å²) in [6.45, 7) is 6.65. The van der Waals surface area contributed by atoms with Crippen molar-refractivity contribution in [1.82, 2.24) is 9.47 Å². The lowest BCUT2D eigenvalue weighted by atomic mass is 10.1. The average Bonchev–Trinajstić information content (AvgIpc) is 2.84. The van der Waals surface area contributed by atoms with Crippen LogP contribution in [0.4, 0.5) is 0 Å². The molecule has 108 valence electrons. The van der Waals surface area contributed by atoms with Gasteiger partial charge in [-0.3, -0.25) is 4.90 Å². The van der Waals surface area contributed by atoms with Crippen molar-refractivity contribution in [1.29, 1.82) is 0 Å². The molecule has 1 aromatic carbocycles.